The summed E-state index contributed by atoms with van der Waals surface area (Å²) in [5, 5.41) is 9.60. The average Bonchev–Trinajstić information content (AvgIpc) is 2.14. The van der Waals surface area contributed by atoms with Crippen molar-refractivity contribution in [2.24, 2.45) is 7.05 Å². The monoisotopic (exact) mass is 211 g/mol. The van der Waals surface area contributed by atoms with Crippen LogP contribution in [0, 0.1) is 0 Å². The molecule has 0 aliphatic heterocycles. The smallest absolute Gasteiger partial charge is 0.351 e. The highest BCUT2D eigenvalue weighted by Crippen LogP contribution is 2.19. The Bertz CT molecular complexity index is 564. The van der Waals surface area contributed by atoms with Crippen molar-refractivity contribution in [2.45, 2.75) is 0 Å². The minimum absolute atomic E-state index is 0.222. The Morgan fingerprint density at radius 3 is 2.86 bits per heavy atom. The Hall–Kier alpha value is -1.62. The van der Waals surface area contributed by atoms with Gasteiger partial charge in [-0.3, -0.25) is 4.57 Å². The van der Waals surface area contributed by atoms with E-state index in [1.54, 1.807) is 19.2 Å². The molecule has 0 radical (unpaired) electrons. The van der Waals surface area contributed by atoms with E-state index in [1.807, 2.05) is 0 Å². The first kappa shape index (κ1) is 8.96. The van der Waals surface area contributed by atoms with E-state index in [1.165, 1.54) is 4.57 Å². The number of aromatic hydroxyl groups is 1. The molecule has 2 aromatic heterocycles. The van der Waals surface area contributed by atoms with Crippen LogP contribution in [0.25, 0.3) is 11.0 Å². The molecule has 0 fully saturated rings. The van der Waals surface area contributed by atoms with Gasteiger partial charge in [-0.15, -0.1) is 0 Å². The molecule has 14 heavy (non-hydrogen) atoms. The number of aryl methyl sites for hydroxylation is 1. The van der Waals surface area contributed by atoms with E-state index >= 15 is 0 Å². The van der Waals surface area contributed by atoms with Crippen LogP contribution in [-0.2, 0) is 7.05 Å². The molecule has 2 rings (SSSR count). The highest BCUT2D eigenvalue weighted by Gasteiger charge is 2.08. The standard InChI is InChI=1S/C8H6ClN3O2/c1-12-4-2-3-5(9)10-6(4)7(13)11-8(12)14/h2-3H,1H3,(H,11,13,14). The Morgan fingerprint density at radius 1 is 1.43 bits per heavy atom. The number of aromatic nitrogens is 3. The molecule has 0 bridgehead atoms. The van der Waals surface area contributed by atoms with Crippen molar-refractivity contribution >= 4 is 22.6 Å². The van der Waals surface area contributed by atoms with Crippen molar-refractivity contribution in [3.05, 3.63) is 27.8 Å². The number of nitrogens with zero attached hydrogens (tertiary/aromatic N) is 3. The van der Waals surface area contributed by atoms with Gasteiger partial charge in [0.25, 0.3) is 0 Å². The maximum absolute atomic E-state index is 11.2. The van der Waals surface area contributed by atoms with Crippen molar-refractivity contribution in [1.29, 1.82) is 0 Å². The SMILES string of the molecule is Cn1c(=O)nc(O)c2nc(Cl)ccc21. The first-order valence-corrected chi connectivity index (χ1v) is 4.19. The highest BCUT2D eigenvalue weighted by molar-refractivity contribution is 6.29. The summed E-state index contributed by atoms with van der Waals surface area (Å²) in [4.78, 5) is 18.4. The lowest BCUT2D eigenvalue weighted by Gasteiger charge is -2.03. The second-order valence-corrected chi connectivity index (χ2v) is 3.17. The van der Waals surface area contributed by atoms with Crippen LogP contribution in [0.2, 0.25) is 5.15 Å². The van der Waals surface area contributed by atoms with Crippen LogP contribution in [0.4, 0.5) is 0 Å². The lowest BCUT2D eigenvalue weighted by Crippen LogP contribution is -2.20. The van der Waals surface area contributed by atoms with Crippen molar-refractivity contribution in [3.63, 3.8) is 0 Å². The molecule has 0 amide bonds. The van der Waals surface area contributed by atoms with Gasteiger partial charge in [0.2, 0.25) is 5.88 Å². The third kappa shape index (κ3) is 1.22. The van der Waals surface area contributed by atoms with Gasteiger partial charge in [0, 0.05) is 7.05 Å². The molecule has 0 atom stereocenters. The second kappa shape index (κ2) is 2.95. The van der Waals surface area contributed by atoms with Crippen LogP contribution in [0.5, 0.6) is 5.88 Å². The van der Waals surface area contributed by atoms with Crippen molar-refractivity contribution < 1.29 is 5.11 Å². The van der Waals surface area contributed by atoms with Gasteiger partial charge in [0.1, 0.15) is 5.15 Å². The molecule has 6 heteroatoms. The minimum Gasteiger partial charge on any atom is -0.492 e. The number of rotatable bonds is 0. The van der Waals surface area contributed by atoms with Crippen LogP contribution in [0.3, 0.4) is 0 Å². The van der Waals surface area contributed by atoms with E-state index in [0.717, 1.165) is 0 Å². The zero-order valence-corrected chi connectivity index (χ0v) is 7.99. The Morgan fingerprint density at radius 2 is 2.14 bits per heavy atom. The van der Waals surface area contributed by atoms with Crippen LogP contribution in [0.15, 0.2) is 16.9 Å². The summed E-state index contributed by atoms with van der Waals surface area (Å²) in [5.41, 5.74) is 0.186. The first-order chi connectivity index (χ1) is 6.59. The first-order valence-electron chi connectivity index (χ1n) is 3.82. The number of pyridine rings is 1. The molecule has 0 aliphatic carbocycles. The summed E-state index contributed by atoms with van der Waals surface area (Å²) < 4.78 is 1.29. The molecule has 0 spiro atoms. The van der Waals surface area contributed by atoms with Gasteiger partial charge < -0.3 is 5.11 Å². The topological polar surface area (TPSA) is 68.0 Å². The summed E-state index contributed by atoms with van der Waals surface area (Å²) in [5.74, 6) is -0.398. The number of halogens is 1. The predicted octanol–water partition coefficient (Wildman–Crippen LogP) is 0.687. The summed E-state index contributed by atoms with van der Waals surface area (Å²) in [6.45, 7) is 0. The minimum atomic E-state index is -0.529. The van der Waals surface area contributed by atoms with E-state index in [2.05, 4.69) is 9.97 Å². The van der Waals surface area contributed by atoms with Gasteiger partial charge in [-0.05, 0) is 12.1 Å². The van der Waals surface area contributed by atoms with Crippen LogP contribution >= 0.6 is 11.6 Å². The van der Waals surface area contributed by atoms with Crippen LogP contribution in [0.1, 0.15) is 0 Å². The van der Waals surface area contributed by atoms with Crippen molar-refractivity contribution in [1.82, 2.24) is 14.5 Å². The van der Waals surface area contributed by atoms with Gasteiger partial charge in [-0.1, -0.05) is 11.6 Å². The fraction of sp³-hybridized carbons (Fsp3) is 0.125. The predicted molar refractivity (Wildman–Crippen MR) is 51.5 cm³/mol. The zero-order chi connectivity index (χ0) is 10.3. The van der Waals surface area contributed by atoms with E-state index < -0.39 is 11.6 Å². The molecule has 0 saturated heterocycles. The molecular weight excluding hydrogens is 206 g/mol. The van der Waals surface area contributed by atoms with Crippen LogP contribution < -0.4 is 5.69 Å². The average molecular weight is 212 g/mol. The van der Waals surface area contributed by atoms with Crippen LogP contribution in [-0.4, -0.2) is 19.6 Å². The van der Waals surface area contributed by atoms with Gasteiger partial charge in [0.15, 0.2) is 5.52 Å². The summed E-state index contributed by atoms with van der Waals surface area (Å²) >= 11 is 5.65. The lowest BCUT2D eigenvalue weighted by atomic mass is 10.3. The molecule has 2 aromatic rings. The molecule has 0 aliphatic rings. The fourth-order valence-corrected chi connectivity index (χ4v) is 1.33. The van der Waals surface area contributed by atoms with Gasteiger partial charge in [-0.2, -0.15) is 4.98 Å². The number of fused-ring (bicyclic) bond motifs is 1. The quantitative estimate of drug-likeness (QED) is 0.651. The Balaban J connectivity index is 3.02. The third-order valence-corrected chi connectivity index (χ3v) is 2.11. The Labute approximate surface area is 83.6 Å². The summed E-state index contributed by atoms with van der Waals surface area (Å²) in [7, 11) is 1.55. The maximum atomic E-state index is 11.2. The summed E-state index contributed by atoms with van der Waals surface area (Å²) in [6.07, 6.45) is 0. The third-order valence-electron chi connectivity index (χ3n) is 1.90. The van der Waals surface area contributed by atoms with Crippen molar-refractivity contribution in [3.8, 4) is 5.88 Å². The van der Waals surface area contributed by atoms with Gasteiger partial charge in [0.05, 0.1) is 5.52 Å². The lowest BCUT2D eigenvalue weighted by molar-refractivity contribution is 0.453. The molecule has 2 heterocycles. The van der Waals surface area contributed by atoms with Crippen molar-refractivity contribution in [2.75, 3.05) is 0 Å². The molecule has 0 unspecified atom stereocenters. The van der Waals surface area contributed by atoms with Gasteiger partial charge in [-0.25, -0.2) is 9.78 Å². The fourth-order valence-electron chi connectivity index (χ4n) is 1.18. The number of hydrogen-bond acceptors (Lipinski definition) is 4. The molecule has 72 valence electrons. The molecule has 0 saturated carbocycles. The van der Waals surface area contributed by atoms with E-state index in [9.17, 15) is 9.90 Å². The number of hydrogen-bond donors (Lipinski definition) is 1. The molecule has 5 nitrogen and oxygen atoms in total. The molecule has 1 N–H and O–H groups in total. The highest BCUT2D eigenvalue weighted by atomic mass is 35.5. The second-order valence-electron chi connectivity index (χ2n) is 2.78. The van der Waals surface area contributed by atoms with E-state index in [-0.39, 0.29) is 10.7 Å². The van der Waals surface area contributed by atoms with E-state index in [4.69, 9.17) is 11.6 Å². The molecular formula is C8H6ClN3O2. The maximum Gasteiger partial charge on any atom is 0.351 e. The normalized spacial score (nSPS) is 10.7. The largest absolute Gasteiger partial charge is 0.492 e. The summed E-state index contributed by atoms with van der Waals surface area (Å²) in [6, 6.07) is 3.15. The van der Waals surface area contributed by atoms with E-state index in [0.29, 0.717) is 5.52 Å². The van der Waals surface area contributed by atoms with Gasteiger partial charge >= 0.3 is 5.69 Å². The molecule has 0 aromatic carbocycles. The Kier molecular flexibility index (Phi) is 1.89. The zero-order valence-electron chi connectivity index (χ0n) is 7.23.